The third-order valence-electron chi connectivity index (χ3n) is 1.67. The van der Waals surface area contributed by atoms with Gasteiger partial charge in [0.2, 0.25) is 5.91 Å². The van der Waals surface area contributed by atoms with Gasteiger partial charge >= 0.3 is 0 Å². The van der Waals surface area contributed by atoms with Crippen molar-refractivity contribution in [3.05, 3.63) is 28.8 Å². The summed E-state index contributed by atoms with van der Waals surface area (Å²) in [5.74, 6) is 0.257. The monoisotopic (exact) mass is 213 g/mol. The van der Waals surface area contributed by atoms with Gasteiger partial charge in [0, 0.05) is 0 Å². The molecule has 1 rings (SSSR count). The molecular weight excluding hydrogens is 202 g/mol. The number of primary amides is 1. The molecule has 0 unspecified atom stereocenters. The van der Waals surface area contributed by atoms with Gasteiger partial charge < -0.3 is 10.5 Å². The Bertz CT molecular complexity index is 339. The van der Waals surface area contributed by atoms with Crippen molar-refractivity contribution in [2.45, 2.75) is 13.3 Å². The minimum Gasteiger partial charge on any atom is -0.492 e. The highest BCUT2D eigenvalue weighted by atomic mass is 35.5. The largest absolute Gasteiger partial charge is 0.492 e. The van der Waals surface area contributed by atoms with Gasteiger partial charge in [-0.05, 0) is 24.6 Å². The lowest BCUT2D eigenvalue weighted by atomic mass is 10.1. The van der Waals surface area contributed by atoms with Crippen molar-refractivity contribution in [3.8, 4) is 5.75 Å². The molecule has 0 aliphatic heterocycles. The van der Waals surface area contributed by atoms with Gasteiger partial charge in [-0.15, -0.1) is 0 Å². The molecule has 0 aromatic heterocycles. The third kappa shape index (κ3) is 2.92. The molecule has 1 aromatic carbocycles. The normalized spacial score (nSPS) is 9.86. The number of ether oxygens (including phenoxy) is 1. The number of hydrogen-bond acceptors (Lipinski definition) is 2. The summed E-state index contributed by atoms with van der Waals surface area (Å²) < 4.78 is 5.25. The predicted molar refractivity (Wildman–Crippen MR) is 55.5 cm³/mol. The summed E-state index contributed by atoms with van der Waals surface area (Å²) in [6, 6.07) is 5.21. The zero-order valence-electron chi connectivity index (χ0n) is 7.92. The van der Waals surface area contributed by atoms with E-state index in [2.05, 4.69) is 0 Å². The second kappa shape index (κ2) is 4.86. The van der Waals surface area contributed by atoms with Gasteiger partial charge in [-0.25, -0.2) is 0 Å². The van der Waals surface area contributed by atoms with Crippen molar-refractivity contribution < 1.29 is 9.53 Å². The fraction of sp³-hybridized carbons (Fsp3) is 0.300. The van der Waals surface area contributed by atoms with Gasteiger partial charge in [-0.3, -0.25) is 4.79 Å². The van der Waals surface area contributed by atoms with Crippen LogP contribution in [0, 0.1) is 0 Å². The lowest BCUT2D eigenvalue weighted by Crippen LogP contribution is -2.13. The first kappa shape index (κ1) is 10.9. The molecule has 0 radical (unpaired) electrons. The van der Waals surface area contributed by atoms with Crippen LogP contribution < -0.4 is 10.5 Å². The molecule has 2 N–H and O–H groups in total. The summed E-state index contributed by atoms with van der Waals surface area (Å²) in [5, 5.41) is 0.505. The number of halogens is 1. The van der Waals surface area contributed by atoms with E-state index in [0.29, 0.717) is 17.4 Å². The Kier molecular flexibility index (Phi) is 3.77. The Morgan fingerprint density at radius 2 is 2.29 bits per heavy atom. The highest BCUT2D eigenvalue weighted by Gasteiger charge is 2.04. The smallest absolute Gasteiger partial charge is 0.221 e. The minimum absolute atomic E-state index is 0.201. The van der Waals surface area contributed by atoms with Crippen molar-refractivity contribution in [1.29, 1.82) is 0 Å². The maximum atomic E-state index is 10.6. The van der Waals surface area contributed by atoms with Gasteiger partial charge in [0.1, 0.15) is 5.75 Å². The first-order valence-electron chi connectivity index (χ1n) is 4.33. The van der Waals surface area contributed by atoms with Crippen LogP contribution in [-0.4, -0.2) is 12.5 Å². The van der Waals surface area contributed by atoms with E-state index in [9.17, 15) is 4.79 Å². The van der Waals surface area contributed by atoms with Crippen molar-refractivity contribution in [1.82, 2.24) is 0 Å². The first-order chi connectivity index (χ1) is 6.63. The lowest BCUT2D eigenvalue weighted by Gasteiger charge is -2.06. The third-order valence-corrected chi connectivity index (χ3v) is 1.97. The van der Waals surface area contributed by atoms with Crippen LogP contribution in [-0.2, 0) is 11.2 Å². The number of nitrogens with two attached hydrogens (primary N) is 1. The van der Waals surface area contributed by atoms with Gasteiger partial charge in [0.15, 0.2) is 0 Å². The van der Waals surface area contributed by atoms with E-state index < -0.39 is 0 Å². The Morgan fingerprint density at radius 3 is 2.79 bits per heavy atom. The zero-order valence-corrected chi connectivity index (χ0v) is 8.67. The highest BCUT2D eigenvalue weighted by molar-refractivity contribution is 6.32. The van der Waals surface area contributed by atoms with Gasteiger partial charge in [-0.1, -0.05) is 17.7 Å². The number of amides is 1. The molecule has 76 valence electrons. The molecule has 0 atom stereocenters. The standard InChI is InChI=1S/C10H12ClNO2/c1-2-14-9-4-3-7(5-8(9)11)6-10(12)13/h3-5H,2,6H2,1H3,(H2,12,13). The van der Waals surface area contributed by atoms with E-state index in [1.54, 1.807) is 18.2 Å². The number of hydrogen-bond donors (Lipinski definition) is 1. The fourth-order valence-electron chi connectivity index (χ4n) is 1.13. The molecule has 0 aliphatic rings. The average Bonchev–Trinajstić information content (AvgIpc) is 2.09. The fourth-order valence-corrected chi connectivity index (χ4v) is 1.39. The van der Waals surface area contributed by atoms with E-state index in [-0.39, 0.29) is 12.3 Å². The minimum atomic E-state index is -0.370. The number of rotatable bonds is 4. The molecule has 0 heterocycles. The van der Waals surface area contributed by atoms with Crippen LogP contribution in [0.5, 0.6) is 5.75 Å². The quantitative estimate of drug-likeness (QED) is 0.829. The van der Waals surface area contributed by atoms with E-state index in [4.69, 9.17) is 22.1 Å². The molecule has 0 bridgehead atoms. The Balaban J connectivity index is 2.83. The van der Waals surface area contributed by atoms with Crippen molar-refractivity contribution in [2.24, 2.45) is 5.73 Å². The molecule has 4 heteroatoms. The molecule has 0 spiro atoms. The zero-order chi connectivity index (χ0) is 10.6. The molecule has 0 aliphatic carbocycles. The van der Waals surface area contributed by atoms with Crippen LogP contribution in [0.4, 0.5) is 0 Å². The lowest BCUT2D eigenvalue weighted by molar-refractivity contribution is -0.117. The molecule has 0 saturated heterocycles. The molecule has 14 heavy (non-hydrogen) atoms. The Hall–Kier alpha value is -1.22. The summed E-state index contributed by atoms with van der Waals surface area (Å²) in [6.07, 6.45) is 0.201. The van der Waals surface area contributed by atoms with Crippen LogP contribution in [0.25, 0.3) is 0 Å². The summed E-state index contributed by atoms with van der Waals surface area (Å²) in [6.45, 7) is 2.45. The maximum Gasteiger partial charge on any atom is 0.221 e. The summed E-state index contributed by atoms with van der Waals surface area (Å²) in [7, 11) is 0. The number of carbonyl (C=O) groups excluding carboxylic acids is 1. The molecule has 1 aromatic rings. The Labute approximate surface area is 87.8 Å². The van der Waals surface area contributed by atoms with Crippen LogP contribution in [0.2, 0.25) is 5.02 Å². The maximum absolute atomic E-state index is 10.6. The van der Waals surface area contributed by atoms with E-state index >= 15 is 0 Å². The number of carbonyl (C=O) groups is 1. The van der Waals surface area contributed by atoms with Crippen LogP contribution in [0.1, 0.15) is 12.5 Å². The molecule has 0 saturated carbocycles. The topological polar surface area (TPSA) is 52.3 Å². The van der Waals surface area contributed by atoms with Crippen LogP contribution in [0.3, 0.4) is 0 Å². The van der Waals surface area contributed by atoms with E-state index in [1.165, 1.54) is 0 Å². The highest BCUT2D eigenvalue weighted by Crippen LogP contribution is 2.25. The van der Waals surface area contributed by atoms with Crippen LogP contribution >= 0.6 is 11.6 Å². The molecule has 0 fully saturated rings. The van der Waals surface area contributed by atoms with Gasteiger partial charge in [-0.2, -0.15) is 0 Å². The van der Waals surface area contributed by atoms with Gasteiger partial charge in [0.05, 0.1) is 18.1 Å². The van der Waals surface area contributed by atoms with Crippen molar-refractivity contribution in [2.75, 3.05) is 6.61 Å². The average molecular weight is 214 g/mol. The van der Waals surface area contributed by atoms with Crippen LogP contribution in [0.15, 0.2) is 18.2 Å². The molecular formula is C10H12ClNO2. The summed E-state index contributed by atoms with van der Waals surface area (Å²) in [5.41, 5.74) is 5.86. The SMILES string of the molecule is CCOc1ccc(CC(N)=O)cc1Cl. The first-order valence-corrected chi connectivity index (χ1v) is 4.70. The Morgan fingerprint density at radius 1 is 1.57 bits per heavy atom. The van der Waals surface area contributed by atoms with Crippen molar-refractivity contribution >= 4 is 17.5 Å². The summed E-state index contributed by atoms with van der Waals surface area (Å²) in [4.78, 5) is 10.6. The van der Waals surface area contributed by atoms with E-state index in [0.717, 1.165) is 5.56 Å². The molecule has 1 amide bonds. The second-order valence-electron chi connectivity index (χ2n) is 2.84. The second-order valence-corrected chi connectivity index (χ2v) is 3.25. The van der Waals surface area contributed by atoms with Gasteiger partial charge in [0.25, 0.3) is 0 Å². The predicted octanol–water partition coefficient (Wildman–Crippen LogP) is 1.77. The van der Waals surface area contributed by atoms with E-state index in [1.807, 2.05) is 6.92 Å². The van der Waals surface area contributed by atoms with Crippen molar-refractivity contribution in [3.63, 3.8) is 0 Å². The molecule has 3 nitrogen and oxygen atoms in total. The number of benzene rings is 1. The summed E-state index contributed by atoms with van der Waals surface area (Å²) >= 11 is 5.91.